The number of hydrogen-bond acceptors (Lipinski definition) is 22. The number of aliphatic hydroxyl groups is 14. The van der Waals surface area contributed by atoms with E-state index in [0.29, 0.717) is 25.0 Å². The van der Waals surface area contributed by atoms with Gasteiger partial charge >= 0.3 is 0 Å². The predicted molar refractivity (Wildman–Crippen MR) is 200 cm³/mol. The van der Waals surface area contributed by atoms with Crippen LogP contribution in [0.1, 0.15) is 39.5 Å². The molecule has 4 saturated heterocycles. The molecule has 0 radical (unpaired) electrons. The summed E-state index contributed by atoms with van der Waals surface area (Å²) in [6, 6.07) is 0. The van der Waals surface area contributed by atoms with Crippen LogP contribution >= 0.6 is 0 Å². The van der Waals surface area contributed by atoms with E-state index in [4.69, 9.17) is 37.9 Å². The third-order valence-electron chi connectivity index (χ3n) is 13.3. The number of allylic oxidation sites excluding steroid dienone is 2. The SMILES string of the molecule is C=C(OC[C@H]1O[C@H]([C@H](CO)O[C@H]2O[C@H]([C@H](O)CO)[C@@H](O)[C@@H]2O)[C@@H](O)[C@@H]1O)[C@H]1CC[C@@]2(C)C[C@@H](O[C@H]3O[C@H]([C@H](CO)O[C@H]4O[C@H]([C@H](O)CO)[C@@H](O)[C@@H]4O)[C@@H](O)[C@@H]3O)C=C(C)[C@H]2C1. The molecule has 4 aliphatic heterocycles. The molecular formula is C39H64O22. The molecule has 0 amide bonds. The van der Waals surface area contributed by atoms with Crippen LogP contribution in [0.2, 0.25) is 0 Å². The van der Waals surface area contributed by atoms with Gasteiger partial charge in [0, 0.05) is 5.92 Å². The summed E-state index contributed by atoms with van der Waals surface area (Å²) in [6.07, 6.45) is -25.4. The molecule has 0 spiro atoms. The van der Waals surface area contributed by atoms with Crippen molar-refractivity contribution in [2.24, 2.45) is 17.3 Å². The largest absolute Gasteiger partial charge is 0.495 e. The minimum atomic E-state index is -1.67. The first-order chi connectivity index (χ1) is 28.9. The fourth-order valence-corrected chi connectivity index (χ4v) is 9.65. The van der Waals surface area contributed by atoms with E-state index in [0.717, 1.165) is 12.0 Å². The summed E-state index contributed by atoms with van der Waals surface area (Å²) in [5.41, 5.74) is 0.731. The highest BCUT2D eigenvalue weighted by molar-refractivity contribution is 5.20. The van der Waals surface area contributed by atoms with Gasteiger partial charge in [0.05, 0.1) is 38.3 Å². The van der Waals surface area contributed by atoms with Gasteiger partial charge in [-0.3, -0.25) is 0 Å². The number of ether oxygens (including phenoxy) is 8. The molecule has 0 bridgehead atoms. The molecule has 5 fully saturated rings. The summed E-state index contributed by atoms with van der Waals surface area (Å²) in [4.78, 5) is 0. The lowest BCUT2D eigenvalue weighted by Gasteiger charge is -2.49. The number of rotatable bonds is 18. The molecule has 22 nitrogen and oxygen atoms in total. The standard InChI is InChI=1S/C39H64O22/c1-14-6-17(55-36-31(53)28(50)35(61-36)22(12-43)58-38-30(52)27(49)33(60-38)20(45)10-41)8-39(3)5-4-16(7-18(14)39)15(2)54-13-23-24(46)25(47)34(56-23)21(11-42)57-37-29(51)26(48)32(59-37)19(44)9-40/h6,16-38,40-53H,2,4-5,7-13H2,1,3H3/t16-,17-,18+,19+,20+,21-,22-,23+,24+,25-,26-,27-,28-,29-,30-,31-,32+,33+,34+,35+,36-,37-,38-,39-/m0/s1. The van der Waals surface area contributed by atoms with Crippen molar-refractivity contribution in [2.45, 2.75) is 168 Å². The van der Waals surface area contributed by atoms with Gasteiger partial charge in [0.25, 0.3) is 0 Å². The first kappa shape index (κ1) is 48.9. The van der Waals surface area contributed by atoms with Crippen LogP contribution in [0.15, 0.2) is 24.0 Å². The van der Waals surface area contributed by atoms with Crippen molar-refractivity contribution in [3.8, 4) is 0 Å². The average molecular weight is 885 g/mol. The van der Waals surface area contributed by atoms with Gasteiger partial charge in [0.15, 0.2) is 18.9 Å². The second-order valence-electron chi connectivity index (χ2n) is 17.4. The Morgan fingerprint density at radius 3 is 1.69 bits per heavy atom. The third kappa shape index (κ3) is 10.0. The lowest BCUT2D eigenvalue weighted by molar-refractivity contribution is -0.247. The van der Waals surface area contributed by atoms with E-state index in [2.05, 4.69) is 13.5 Å². The maximum Gasteiger partial charge on any atom is 0.187 e. The minimum absolute atomic E-state index is 0.0690. The molecule has 2 aliphatic carbocycles. The van der Waals surface area contributed by atoms with Gasteiger partial charge in [-0.25, -0.2) is 0 Å². The molecule has 4 heterocycles. The second kappa shape index (κ2) is 20.3. The van der Waals surface area contributed by atoms with E-state index in [1.54, 1.807) is 0 Å². The van der Waals surface area contributed by atoms with Gasteiger partial charge in [-0.05, 0) is 43.9 Å². The normalized spacial score (nSPS) is 47.1. The number of aliphatic hydroxyl groups excluding tert-OH is 14. The van der Waals surface area contributed by atoms with E-state index in [1.165, 1.54) is 0 Å². The van der Waals surface area contributed by atoms with Gasteiger partial charge < -0.3 is 109 Å². The summed E-state index contributed by atoms with van der Waals surface area (Å²) in [5.74, 6) is 0.410. The molecule has 22 heteroatoms. The zero-order valence-corrected chi connectivity index (χ0v) is 34.0. The van der Waals surface area contributed by atoms with Crippen LogP contribution in [0.5, 0.6) is 0 Å². The molecule has 14 N–H and O–H groups in total. The third-order valence-corrected chi connectivity index (χ3v) is 13.3. The Labute approximate surface area is 351 Å². The Bertz CT molecular complexity index is 1470. The van der Waals surface area contributed by atoms with E-state index < -0.39 is 155 Å². The molecular weight excluding hydrogens is 820 g/mol. The van der Waals surface area contributed by atoms with Crippen molar-refractivity contribution in [2.75, 3.05) is 33.0 Å². The van der Waals surface area contributed by atoms with Crippen LogP contribution in [0.4, 0.5) is 0 Å². The Balaban J connectivity index is 0.999. The fraction of sp³-hybridized carbons (Fsp3) is 0.897. The lowest BCUT2D eigenvalue weighted by Crippen LogP contribution is -2.46. The Hall–Kier alpha value is -1.56. The summed E-state index contributed by atoms with van der Waals surface area (Å²) in [5, 5.41) is 143. The summed E-state index contributed by atoms with van der Waals surface area (Å²) < 4.78 is 45.9. The average Bonchev–Trinajstić information content (AvgIpc) is 3.89. The first-order valence-electron chi connectivity index (χ1n) is 20.7. The summed E-state index contributed by atoms with van der Waals surface area (Å²) in [7, 11) is 0. The molecule has 0 unspecified atom stereocenters. The molecule has 0 aromatic carbocycles. The zero-order chi connectivity index (χ0) is 44.7. The van der Waals surface area contributed by atoms with Crippen molar-refractivity contribution in [3.05, 3.63) is 24.0 Å². The minimum Gasteiger partial charge on any atom is -0.495 e. The smallest absolute Gasteiger partial charge is 0.187 e. The molecule has 6 aliphatic rings. The number of hydrogen-bond donors (Lipinski definition) is 14. The summed E-state index contributed by atoms with van der Waals surface area (Å²) >= 11 is 0. The highest BCUT2D eigenvalue weighted by atomic mass is 16.8. The maximum atomic E-state index is 10.9. The van der Waals surface area contributed by atoms with Gasteiger partial charge in [0.1, 0.15) is 110 Å². The Morgan fingerprint density at radius 2 is 1.16 bits per heavy atom. The van der Waals surface area contributed by atoms with E-state index in [1.807, 2.05) is 13.0 Å². The van der Waals surface area contributed by atoms with Crippen LogP contribution in [0.3, 0.4) is 0 Å². The van der Waals surface area contributed by atoms with E-state index >= 15 is 0 Å². The van der Waals surface area contributed by atoms with Gasteiger partial charge in [0.2, 0.25) is 0 Å². The lowest BCUT2D eigenvalue weighted by atomic mass is 9.57. The van der Waals surface area contributed by atoms with Gasteiger partial charge in [-0.2, -0.15) is 0 Å². The molecule has 0 aromatic heterocycles. The van der Waals surface area contributed by atoms with Crippen molar-refractivity contribution >= 4 is 0 Å². The van der Waals surface area contributed by atoms with Gasteiger partial charge in [-0.1, -0.05) is 25.2 Å². The fourth-order valence-electron chi connectivity index (χ4n) is 9.65. The van der Waals surface area contributed by atoms with E-state index in [-0.39, 0.29) is 23.9 Å². The number of fused-ring (bicyclic) bond motifs is 1. The Morgan fingerprint density at radius 1 is 0.689 bits per heavy atom. The van der Waals surface area contributed by atoms with Crippen molar-refractivity contribution in [3.63, 3.8) is 0 Å². The van der Waals surface area contributed by atoms with Crippen molar-refractivity contribution < 1.29 is 109 Å². The van der Waals surface area contributed by atoms with Crippen molar-refractivity contribution in [1.29, 1.82) is 0 Å². The van der Waals surface area contributed by atoms with Crippen LogP contribution in [-0.4, -0.2) is 233 Å². The van der Waals surface area contributed by atoms with Crippen LogP contribution < -0.4 is 0 Å². The molecule has 6 rings (SSSR count). The Kier molecular flexibility index (Phi) is 16.3. The molecule has 61 heavy (non-hydrogen) atoms. The highest BCUT2D eigenvalue weighted by Crippen LogP contribution is 2.54. The summed E-state index contributed by atoms with van der Waals surface area (Å²) in [6.45, 7) is 5.02. The van der Waals surface area contributed by atoms with Crippen LogP contribution in [0, 0.1) is 17.3 Å². The predicted octanol–water partition coefficient (Wildman–Crippen LogP) is -6.03. The molecule has 1 saturated carbocycles. The van der Waals surface area contributed by atoms with Gasteiger partial charge in [-0.15, -0.1) is 0 Å². The second-order valence-corrected chi connectivity index (χ2v) is 17.4. The molecule has 24 atom stereocenters. The monoisotopic (exact) mass is 884 g/mol. The first-order valence-corrected chi connectivity index (χ1v) is 20.7. The quantitative estimate of drug-likeness (QED) is 0.0450. The molecule has 0 aromatic rings. The topological polar surface area (TPSA) is 357 Å². The van der Waals surface area contributed by atoms with Crippen LogP contribution in [0.25, 0.3) is 0 Å². The van der Waals surface area contributed by atoms with Crippen LogP contribution in [-0.2, 0) is 37.9 Å². The highest BCUT2D eigenvalue weighted by Gasteiger charge is 2.55. The zero-order valence-electron chi connectivity index (χ0n) is 34.0. The van der Waals surface area contributed by atoms with Crippen molar-refractivity contribution in [1.82, 2.24) is 0 Å². The molecule has 352 valence electrons. The maximum absolute atomic E-state index is 10.9. The van der Waals surface area contributed by atoms with E-state index in [9.17, 15) is 71.5 Å².